The lowest BCUT2D eigenvalue weighted by molar-refractivity contribution is 0.331. The summed E-state index contributed by atoms with van der Waals surface area (Å²) < 4.78 is 6.34. The Hall–Kier alpha value is -1.43. The van der Waals surface area contributed by atoms with Gasteiger partial charge < -0.3 is 9.42 Å². The van der Waals surface area contributed by atoms with Crippen LogP contribution in [0.2, 0.25) is 0 Å². The summed E-state index contributed by atoms with van der Waals surface area (Å²) in [5.41, 5.74) is 0. The van der Waals surface area contributed by atoms with Gasteiger partial charge in [-0.15, -0.1) is 0 Å². The van der Waals surface area contributed by atoms with E-state index >= 15 is 0 Å². The molecule has 1 unspecified atom stereocenters. The number of rotatable bonds is 2. The minimum atomic E-state index is 0.302. The number of halogens is 1. The van der Waals surface area contributed by atoms with Gasteiger partial charge in [0.1, 0.15) is 5.82 Å². The van der Waals surface area contributed by atoms with E-state index in [1.165, 1.54) is 0 Å². The highest BCUT2D eigenvalue weighted by molar-refractivity contribution is 9.10. The Morgan fingerprint density at radius 1 is 1.47 bits per heavy atom. The molecule has 100 valence electrons. The van der Waals surface area contributed by atoms with Crippen LogP contribution in [0.15, 0.2) is 27.3 Å². The monoisotopic (exact) mass is 322 g/mol. The normalized spacial score (nSPS) is 19.7. The molecule has 0 N–H and O–H groups in total. The maximum atomic E-state index is 5.29. The zero-order valence-electron chi connectivity index (χ0n) is 10.7. The van der Waals surface area contributed by atoms with Gasteiger partial charge in [0.15, 0.2) is 5.82 Å². The topological polar surface area (TPSA) is 55.1 Å². The fourth-order valence-corrected chi connectivity index (χ4v) is 2.76. The van der Waals surface area contributed by atoms with Crippen molar-refractivity contribution in [2.45, 2.75) is 25.7 Å². The van der Waals surface area contributed by atoms with Crippen LogP contribution >= 0.6 is 15.9 Å². The van der Waals surface area contributed by atoms with Crippen molar-refractivity contribution in [2.75, 3.05) is 18.0 Å². The van der Waals surface area contributed by atoms with Gasteiger partial charge in [-0.25, -0.2) is 4.98 Å². The second-order valence-electron chi connectivity index (χ2n) is 4.80. The molecule has 3 heterocycles. The number of hydrogen-bond donors (Lipinski definition) is 0. The van der Waals surface area contributed by atoms with Gasteiger partial charge in [0.25, 0.3) is 0 Å². The molecule has 3 rings (SSSR count). The zero-order valence-corrected chi connectivity index (χ0v) is 12.3. The van der Waals surface area contributed by atoms with E-state index in [9.17, 15) is 0 Å². The highest BCUT2D eigenvalue weighted by Gasteiger charge is 2.26. The fraction of sp³-hybridized carbons (Fsp3) is 0.462. The van der Waals surface area contributed by atoms with Crippen LogP contribution in [0.5, 0.6) is 0 Å². The van der Waals surface area contributed by atoms with Crippen molar-refractivity contribution in [3.05, 3.63) is 34.5 Å². The summed E-state index contributed by atoms with van der Waals surface area (Å²) in [6.45, 7) is 3.75. The average Bonchev–Trinajstić information content (AvgIpc) is 2.86. The Morgan fingerprint density at radius 3 is 3.11 bits per heavy atom. The SMILES string of the molecule is Cc1noc(C2CCCN(c3cc(Br)ccn3)C2)n1. The van der Waals surface area contributed by atoms with Crippen LogP contribution in [0.1, 0.15) is 30.5 Å². The van der Waals surface area contributed by atoms with Crippen molar-refractivity contribution >= 4 is 21.7 Å². The predicted octanol–water partition coefficient (Wildman–Crippen LogP) is 2.92. The summed E-state index contributed by atoms with van der Waals surface area (Å²) >= 11 is 3.48. The lowest BCUT2D eigenvalue weighted by atomic mass is 9.98. The van der Waals surface area contributed by atoms with Gasteiger partial charge in [0.2, 0.25) is 5.89 Å². The largest absolute Gasteiger partial charge is 0.356 e. The number of nitrogens with zero attached hydrogens (tertiary/aromatic N) is 4. The zero-order chi connectivity index (χ0) is 13.2. The van der Waals surface area contributed by atoms with Crippen molar-refractivity contribution < 1.29 is 4.52 Å². The van der Waals surface area contributed by atoms with Gasteiger partial charge in [-0.1, -0.05) is 21.1 Å². The summed E-state index contributed by atoms with van der Waals surface area (Å²) in [6, 6.07) is 3.98. The third-order valence-electron chi connectivity index (χ3n) is 3.35. The number of aryl methyl sites for hydroxylation is 1. The van der Waals surface area contributed by atoms with E-state index in [1.807, 2.05) is 25.3 Å². The molecule has 0 saturated carbocycles. The van der Waals surface area contributed by atoms with Gasteiger partial charge in [-0.05, 0) is 31.9 Å². The van der Waals surface area contributed by atoms with E-state index in [4.69, 9.17) is 4.52 Å². The van der Waals surface area contributed by atoms with Crippen LogP contribution in [0.4, 0.5) is 5.82 Å². The molecular weight excluding hydrogens is 308 g/mol. The minimum Gasteiger partial charge on any atom is -0.356 e. The summed E-state index contributed by atoms with van der Waals surface area (Å²) in [6.07, 6.45) is 4.02. The van der Waals surface area contributed by atoms with Crippen molar-refractivity contribution in [1.82, 2.24) is 15.1 Å². The van der Waals surface area contributed by atoms with Crippen LogP contribution in [-0.4, -0.2) is 28.2 Å². The third-order valence-corrected chi connectivity index (χ3v) is 3.84. The van der Waals surface area contributed by atoms with Crippen LogP contribution in [0.3, 0.4) is 0 Å². The molecule has 5 nitrogen and oxygen atoms in total. The molecule has 1 aliphatic heterocycles. The first-order valence-electron chi connectivity index (χ1n) is 6.39. The maximum Gasteiger partial charge on any atom is 0.231 e. The van der Waals surface area contributed by atoms with Gasteiger partial charge in [-0.3, -0.25) is 0 Å². The van der Waals surface area contributed by atoms with Gasteiger partial charge in [0, 0.05) is 23.8 Å². The molecule has 6 heteroatoms. The molecule has 0 radical (unpaired) electrons. The molecule has 0 amide bonds. The van der Waals surface area contributed by atoms with E-state index in [2.05, 4.69) is 36.0 Å². The summed E-state index contributed by atoms with van der Waals surface area (Å²) in [5, 5.41) is 3.88. The lowest BCUT2D eigenvalue weighted by Gasteiger charge is -2.31. The molecule has 19 heavy (non-hydrogen) atoms. The van der Waals surface area contributed by atoms with Crippen LogP contribution in [0, 0.1) is 6.92 Å². The third kappa shape index (κ3) is 2.78. The molecule has 2 aromatic heterocycles. The van der Waals surface area contributed by atoms with Crippen LogP contribution < -0.4 is 4.90 Å². The van der Waals surface area contributed by atoms with Crippen molar-refractivity contribution in [1.29, 1.82) is 0 Å². The summed E-state index contributed by atoms with van der Waals surface area (Å²) in [4.78, 5) is 11.0. The second-order valence-corrected chi connectivity index (χ2v) is 5.71. The fourth-order valence-electron chi connectivity index (χ4n) is 2.43. The van der Waals surface area contributed by atoms with E-state index in [1.54, 1.807) is 0 Å². The summed E-state index contributed by atoms with van der Waals surface area (Å²) in [5.74, 6) is 2.75. The lowest BCUT2D eigenvalue weighted by Crippen LogP contribution is -2.35. The molecule has 0 aliphatic carbocycles. The highest BCUT2D eigenvalue weighted by atomic mass is 79.9. The number of aromatic nitrogens is 3. The average molecular weight is 323 g/mol. The number of pyridine rings is 1. The van der Waals surface area contributed by atoms with Crippen molar-refractivity contribution in [3.63, 3.8) is 0 Å². The minimum absolute atomic E-state index is 0.302. The van der Waals surface area contributed by atoms with Crippen LogP contribution in [-0.2, 0) is 0 Å². The van der Waals surface area contributed by atoms with Gasteiger partial charge >= 0.3 is 0 Å². The molecule has 1 aliphatic rings. The molecule has 0 aromatic carbocycles. The molecule has 0 bridgehead atoms. The Kier molecular flexibility index (Phi) is 3.50. The summed E-state index contributed by atoms with van der Waals surface area (Å²) in [7, 11) is 0. The van der Waals surface area contributed by atoms with Gasteiger partial charge in [0.05, 0.1) is 5.92 Å². The standard InChI is InChI=1S/C13H15BrN4O/c1-9-16-13(19-17-9)10-3-2-6-18(8-10)12-7-11(14)4-5-15-12/h4-5,7,10H,2-3,6,8H2,1H3. The Balaban J connectivity index is 1.78. The number of hydrogen-bond acceptors (Lipinski definition) is 5. The second kappa shape index (κ2) is 5.28. The maximum absolute atomic E-state index is 5.29. The number of piperidine rings is 1. The van der Waals surface area contributed by atoms with E-state index in [0.29, 0.717) is 11.7 Å². The Bertz CT molecular complexity index is 571. The van der Waals surface area contributed by atoms with E-state index < -0.39 is 0 Å². The van der Waals surface area contributed by atoms with Crippen molar-refractivity contribution in [3.8, 4) is 0 Å². The molecule has 1 saturated heterocycles. The van der Waals surface area contributed by atoms with E-state index in [-0.39, 0.29) is 0 Å². The molecule has 0 spiro atoms. The molecule has 2 aromatic rings. The Morgan fingerprint density at radius 2 is 2.37 bits per heavy atom. The number of anilines is 1. The molecule has 1 fully saturated rings. The quantitative estimate of drug-likeness (QED) is 0.850. The first-order chi connectivity index (χ1) is 9.22. The highest BCUT2D eigenvalue weighted by Crippen LogP contribution is 2.29. The smallest absolute Gasteiger partial charge is 0.231 e. The first-order valence-corrected chi connectivity index (χ1v) is 7.18. The first kappa shape index (κ1) is 12.6. The van der Waals surface area contributed by atoms with Crippen molar-refractivity contribution in [2.24, 2.45) is 0 Å². The molecule has 1 atom stereocenters. The van der Waals surface area contributed by atoms with Crippen LogP contribution in [0.25, 0.3) is 0 Å². The Labute approximate surface area is 120 Å². The predicted molar refractivity (Wildman–Crippen MR) is 75.2 cm³/mol. The molecular formula is C13H15BrN4O. The van der Waals surface area contributed by atoms with E-state index in [0.717, 1.165) is 42.1 Å². The van der Waals surface area contributed by atoms with Gasteiger partial charge in [-0.2, -0.15) is 4.98 Å².